The van der Waals surface area contributed by atoms with Crippen molar-refractivity contribution in [1.82, 2.24) is 14.7 Å². The van der Waals surface area contributed by atoms with Gasteiger partial charge in [-0.2, -0.15) is 5.10 Å². The van der Waals surface area contributed by atoms with Crippen LogP contribution in [-0.2, 0) is 17.9 Å². The smallest absolute Gasteiger partial charge is 0.246 e. The van der Waals surface area contributed by atoms with Crippen LogP contribution in [0.5, 0.6) is 0 Å². The van der Waals surface area contributed by atoms with E-state index in [-0.39, 0.29) is 5.91 Å². The average molecular weight is 390 g/mol. The maximum atomic E-state index is 12.3. The first-order chi connectivity index (χ1) is 11.4. The summed E-state index contributed by atoms with van der Waals surface area (Å²) < 4.78 is 2.82. The largest absolute Gasteiger partial charge is 0.336 e. The molecule has 0 unspecified atom stereocenters. The number of aromatic nitrogens is 2. The van der Waals surface area contributed by atoms with E-state index in [4.69, 9.17) is 0 Å². The fraction of sp³-hybridized carbons (Fsp3) is 0.368. The Kier molecular flexibility index (Phi) is 6.37. The molecule has 0 saturated heterocycles. The van der Waals surface area contributed by atoms with E-state index in [1.165, 1.54) is 5.56 Å². The SMILES string of the molecule is CCn1ncc(Br)c1CN(C)C(=O)/C=C/c1ccc(C(C)C)cc1. The van der Waals surface area contributed by atoms with Crippen molar-refractivity contribution in [3.8, 4) is 0 Å². The van der Waals surface area contributed by atoms with Crippen molar-refractivity contribution in [2.24, 2.45) is 0 Å². The van der Waals surface area contributed by atoms with Gasteiger partial charge < -0.3 is 4.90 Å². The van der Waals surface area contributed by atoms with Gasteiger partial charge in [0.15, 0.2) is 0 Å². The number of carbonyl (C=O) groups excluding carboxylic acids is 1. The van der Waals surface area contributed by atoms with E-state index in [1.807, 2.05) is 29.8 Å². The molecule has 2 aromatic rings. The average Bonchev–Trinajstić information content (AvgIpc) is 2.93. The fourth-order valence-electron chi connectivity index (χ4n) is 2.41. The topological polar surface area (TPSA) is 38.1 Å². The number of halogens is 1. The van der Waals surface area contributed by atoms with Gasteiger partial charge >= 0.3 is 0 Å². The molecule has 0 aliphatic carbocycles. The summed E-state index contributed by atoms with van der Waals surface area (Å²) in [6.07, 6.45) is 5.24. The third-order valence-corrected chi connectivity index (χ3v) is 4.64. The second kappa shape index (κ2) is 8.29. The number of amides is 1. The van der Waals surface area contributed by atoms with Crippen molar-refractivity contribution in [2.45, 2.75) is 39.8 Å². The molecule has 5 heteroatoms. The van der Waals surface area contributed by atoms with E-state index in [9.17, 15) is 4.79 Å². The van der Waals surface area contributed by atoms with Gasteiger partial charge in [0.1, 0.15) is 0 Å². The summed E-state index contributed by atoms with van der Waals surface area (Å²) in [5.41, 5.74) is 3.33. The molecule has 24 heavy (non-hydrogen) atoms. The quantitative estimate of drug-likeness (QED) is 0.683. The molecule has 0 spiro atoms. The number of hydrogen-bond acceptors (Lipinski definition) is 2. The first-order valence-corrected chi connectivity index (χ1v) is 8.95. The van der Waals surface area contributed by atoms with E-state index in [0.29, 0.717) is 12.5 Å². The van der Waals surface area contributed by atoms with Gasteiger partial charge in [-0.1, -0.05) is 38.1 Å². The van der Waals surface area contributed by atoms with Gasteiger partial charge in [-0.05, 0) is 46.0 Å². The van der Waals surface area contributed by atoms with E-state index in [0.717, 1.165) is 22.3 Å². The minimum atomic E-state index is -0.0290. The van der Waals surface area contributed by atoms with Crippen LogP contribution in [0.25, 0.3) is 6.08 Å². The summed E-state index contributed by atoms with van der Waals surface area (Å²) in [6.45, 7) is 7.67. The molecule has 1 aromatic carbocycles. The molecule has 128 valence electrons. The molecule has 0 radical (unpaired) electrons. The lowest BCUT2D eigenvalue weighted by atomic mass is 10.0. The second-order valence-electron chi connectivity index (χ2n) is 6.10. The van der Waals surface area contributed by atoms with Crippen molar-refractivity contribution < 1.29 is 4.79 Å². The van der Waals surface area contributed by atoms with Gasteiger partial charge in [-0.25, -0.2) is 0 Å². The van der Waals surface area contributed by atoms with Crippen molar-refractivity contribution in [3.05, 3.63) is 57.8 Å². The minimum absolute atomic E-state index is 0.0290. The highest BCUT2D eigenvalue weighted by molar-refractivity contribution is 9.10. The predicted octanol–water partition coefficient (Wildman–Crippen LogP) is 4.46. The lowest BCUT2D eigenvalue weighted by Crippen LogP contribution is -2.25. The second-order valence-corrected chi connectivity index (χ2v) is 6.96. The maximum Gasteiger partial charge on any atom is 0.246 e. The summed E-state index contributed by atoms with van der Waals surface area (Å²) in [5, 5.41) is 4.28. The van der Waals surface area contributed by atoms with E-state index in [2.05, 4.69) is 47.0 Å². The van der Waals surface area contributed by atoms with E-state index >= 15 is 0 Å². The molecule has 0 bridgehead atoms. The Bertz CT molecular complexity index is 717. The standard InChI is InChI=1S/C19H24BrN3O/c1-5-23-18(17(20)12-21-23)13-22(4)19(24)11-8-15-6-9-16(10-7-15)14(2)3/h6-12,14H,5,13H2,1-4H3/b11-8+. The predicted molar refractivity (Wildman–Crippen MR) is 102 cm³/mol. The molecule has 0 atom stereocenters. The van der Waals surface area contributed by atoms with Gasteiger partial charge in [-0.15, -0.1) is 0 Å². The first-order valence-electron chi connectivity index (χ1n) is 8.15. The number of rotatable bonds is 6. The summed E-state index contributed by atoms with van der Waals surface area (Å²) in [7, 11) is 1.80. The van der Waals surface area contributed by atoms with Crippen LogP contribution in [0.2, 0.25) is 0 Å². The molecular formula is C19H24BrN3O. The molecule has 1 amide bonds. The number of nitrogens with zero attached hydrogens (tertiary/aromatic N) is 3. The number of carbonyl (C=O) groups is 1. The molecule has 0 N–H and O–H groups in total. The van der Waals surface area contributed by atoms with Crippen LogP contribution < -0.4 is 0 Å². The summed E-state index contributed by atoms with van der Waals surface area (Å²) >= 11 is 3.49. The molecule has 4 nitrogen and oxygen atoms in total. The third kappa shape index (κ3) is 4.57. The van der Waals surface area contributed by atoms with Crippen LogP contribution in [0.4, 0.5) is 0 Å². The molecule has 2 rings (SSSR count). The number of benzene rings is 1. The van der Waals surface area contributed by atoms with Gasteiger partial charge in [-0.3, -0.25) is 9.48 Å². The molecule has 0 aliphatic rings. The van der Waals surface area contributed by atoms with E-state index < -0.39 is 0 Å². The van der Waals surface area contributed by atoms with Crippen LogP contribution in [0, 0.1) is 0 Å². The van der Waals surface area contributed by atoms with Crippen molar-refractivity contribution in [2.75, 3.05) is 7.05 Å². The van der Waals surface area contributed by atoms with Gasteiger partial charge in [0.05, 0.1) is 22.9 Å². The Labute approximate surface area is 152 Å². The zero-order valence-corrected chi connectivity index (χ0v) is 16.2. The Morgan fingerprint density at radius 1 is 1.33 bits per heavy atom. The highest BCUT2D eigenvalue weighted by Gasteiger charge is 2.13. The van der Waals surface area contributed by atoms with Crippen LogP contribution in [0.15, 0.2) is 41.0 Å². The van der Waals surface area contributed by atoms with Gasteiger partial charge in [0, 0.05) is 19.7 Å². The van der Waals surface area contributed by atoms with Gasteiger partial charge in [0.2, 0.25) is 5.91 Å². The third-order valence-electron chi connectivity index (χ3n) is 3.98. The Hall–Kier alpha value is -1.88. The summed E-state index contributed by atoms with van der Waals surface area (Å²) in [4.78, 5) is 14.0. The summed E-state index contributed by atoms with van der Waals surface area (Å²) in [6, 6.07) is 8.30. The molecule has 1 heterocycles. The molecule has 0 aliphatic heterocycles. The van der Waals surface area contributed by atoms with Crippen molar-refractivity contribution in [3.63, 3.8) is 0 Å². The maximum absolute atomic E-state index is 12.3. The zero-order valence-electron chi connectivity index (χ0n) is 14.7. The van der Waals surface area contributed by atoms with Crippen molar-refractivity contribution >= 4 is 27.9 Å². The van der Waals surface area contributed by atoms with Crippen molar-refractivity contribution in [1.29, 1.82) is 0 Å². The lowest BCUT2D eigenvalue weighted by molar-refractivity contribution is -0.125. The molecule has 0 fully saturated rings. The lowest BCUT2D eigenvalue weighted by Gasteiger charge is -2.16. The monoisotopic (exact) mass is 389 g/mol. The van der Waals surface area contributed by atoms with Crippen LogP contribution in [0.3, 0.4) is 0 Å². The van der Waals surface area contributed by atoms with Crippen LogP contribution >= 0.6 is 15.9 Å². The fourth-order valence-corrected chi connectivity index (χ4v) is 2.83. The Morgan fingerprint density at radius 2 is 2.00 bits per heavy atom. The van der Waals surface area contributed by atoms with Gasteiger partial charge in [0.25, 0.3) is 0 Å². The highest BCUT2D eigenvalue weighted by Crippen LogP contribution is 2.18. The number of hydrogen-bond donors (Lipinski definition) is 0. The normalized spacial score (nSPS) is 11.4. The molecular weight excluding hydrogens is 366 g/mol. The molecule has 0 saturated carbocycles. The van der Waals surface area contributed by atoms with Crippen LogP contribution in [-0.4, -0.2) is 27.6 Å². The highest BCUT2D eigenvalue weighted by atomic mass is 79.9. The zero-order chi connectivity index (χ0) is 17.7. The Balaban J connectivity index is 2.01. The Morgan fingerprint density at radius 3 is 2.58 bits per heavy atom. The summed E-state index contributed by atoms with van der Waals surface area (Å²) in [5.74, 6) is 0.483. The van der Waals surface area contributed by atoms with E-state index in [1.54, 1.807) is 24.2 Å². The van der Waals surface area contributed by atoms with Crippen LogP contribution in [0.1, 0.15) is 43.5 Å². The number of aryl methyl sites for hydroxylation is 1. The minimum Gasteiger partial charge on any atom is -0.336 e. The first kappa shape index (κ1) is 18.5. The molecule has 1 aromatic heterocycles. The number of likely N-dealkylation sites (N-methyl/N-ethyl adjacent to an activating group) is 1.